The van der Waals surface area contributed by atoms with Crippen LogP contribution < -0.4 is 9.75 Å². The van der Waals surface area contributed by atoms with Gasteiger partial charge < -0.3 is 9.84 Å². The van der Waals surface area contributed by atoms with Gasteiger partial charge in [-0.05, 0) is 43.2 Å². The van der Waals surface area contributed by atoms with Crippen LogP contribution in [-0.4, -0.2) is 23.9 Å². The smallest absolute Gasteiger partial charge is 0.314 e. The fourth-order valence-corrected chi connectivity index (χ4v) is 3.16. The Kier molecular flexibility index (Phi) is 4.25. The van der Waals surface area contributed by atoms with Gasteiger partial charge in [-0.2, -0.15) is 5.10 Å². The Morgan fingerprint density at radius 3 is 2.58 bits per heavy atom. The van der Waals surface area contributed by atoms with Gasteiger partial charge in [-0.15, -0.1) is 0 Å². The summed E-state index contributed by atoms with van der Waals surface area (Å²) >= 11 is 0. The van der Waals surface area contributed by atoms with Gasteiger partial charge in [0.1, 0.15) is 11.7 Å². The molecule has 5 nitrogen and oxygen atoms in total. The number of aryl methyl sites for hydroxylation is 1. The molecule has 1 aliphatic heterocycles. The summed E-state index contributed by atoms with van der Waals surface area (Å²) < 4.78 is 5.30. The molecule has 3 rings (SSSR count). The summed E-state index contributed by atoms with van der Waals surface area (Å²) in [5.41, 5.74) is 3.42. The molecule has 2 aromatic carbocycles. The third kappa shape index (κ3) is 2.73. The first kappa shape index (κ1) is 16.1. The number of rotatable bonds is 4. The summed E-state index contributed by atoms with van der Waals surface area (Å²) in [5, 5.41) is 16.1. The Balaban J connectivity index is 2.13. The number of anilines is 1. The fraction of sp³-hybridized carbons (Fsp3) is 0.263. The van der Waals surface area contributed by atoms with Gasteiger partial charge in [-0.1, -0.05) is 30.3 Å². The van der Waals surface area contributed by atoms with Gasteiger partial charge in [0.2, 0.25) is 0 Å². The number of carbonyl (C=O) groups is 1. The molecule has 0 aliphatic carbocycles. The van der Waals surface area contributed by atoms with Gasteiger partial charge in [0.25, 0.3) is 0 Å². The number of hydrogen-bond acceptors (Lipinski definition) is 4. The number of carboxylic acid groups (broad SMARTS) is 1. The Bertz CT molecular complexity index is 801. The summed E-state index contributed by atoms with van der Waals surface area (Å²) in [6.45, 7) is 3.77. The maximum atomic E-state index is 11.9. The molecule has 0 bridgehead atoms. The highest BCUT2D eigenvalue weighted by Crippen LogP contribution is 2.41. The molecule has 2 aromatic rings. The molecule has 0 radical (unpaired) electrons. The van der Waals surface area contributed by atoms with E-state index in [4.69, 9.17) is 4.74 Å². The van der Waals surface area contributed by atoms with Crippen molar-refractivity contribution in [3.8, 4) is 5.75 Å². The summed E-state index contributed by atoms with van der Waals surface area (Å²) in [5.74, 6) is -0.872. The van der Waals surface area contributed by atoms with Gasteiger partial charge in [0.15, 0.2) is 0 Å². The van der Waals surface area contributed by atoms with Crippen LogP contribution in [-0.2, 0) is 4.79 Å². The first-order valence-corrected chi connectivity index (χ1v) is 7.79. The van der Waals surface area contributed by atoms with E-state index in [9.17, 15) is 9.90 Å². The minimum Gasteiger partial charge on any atom is -0.497 e. The van der Waals surface area contributed by atoms with Crippen molar-refractivity contribution in [1.29, 1.82) is 0 Å². The average molecular weight is 324 g/mol. The van der Waals surface area contributed by atoms with E-state index in [-0.39, 0.29) is 0 Å². The van der Waals surface area contributed by atoms with Gasteiger partial charge in [-0.25, -0.2) is 0 Å². The zero-order valence-corrected chi connectivity index (χ0v) is 13.9. The van der Waals surface area contributed by atoms with Crippen LogP contribution in [0.1, 0.15) is 24.1 Å². The van der Waals surface area contributed by atoms with Gasteiger partial charge in [-0.3, -0.25) is 9.80 Å². The lowest BCUT2D eigenvalue weighted by Gasteiger charge is -2.28. The molecular formula is C19H20N2O3. The molecule has 0 aromatic heterocycles. The Morgan fingerprint density at radius 1 is 1.17 bits per heavy atom. The third-order valence-electron chi connectivity index (χ3n) is 4.36. The van der Waals surface area contributed by atoms with E-state index in [1.54, 1.807) is 14.0 Å². The van der Waals surface area contributed by atoms with Crippen molar-refractivity contribution in [3.63, 3.8) is 0 Å². The second-order valence-electron chi connectivity index (χ2n) is 5.91. The van der Waals surface area contributed by atoms with Crippen molar-refractivity contribution >= 4 is 17.4 Å². The second-order valence-corrected chi connectivity index (χ2v) is 5.91. The normalized spacial score (nSPS) is 20.0. The predicted octanol–water partition coefficient (Wildman–Crippen LogP) is 3.64. The summed E-state index contributed by atoms with van der Waals surface area (Å²) in [7, 11) is 1.60. The predicted molar refractivity (Wildman–Crippen MR) is 93.6 cm³/mol. The topological polar surface area (TPSA) is 62.1 Å². The van der Waals surface area contributed by atoms with Crippen LogP contribution >= 0.6 is 0 Å². The number of benzene rings is 2. The zero-order chi connectivity index (χ0) is 17.3. The molecule has 124 valence electrons. The van der Waals surface area contributed by atoms with E-state index in [2.05, 4.69) is 5.10 Å². The molecular weight excluding hydrogens is 304 g/mol. The highest BCUT2D eigenvalue weighted by atomic mass is 16.5. The Morgan fingerprint density at radius 2 is 1.92 bits per heavy atom. The van der Waals surface area contributed by atoms with Gasteiger partial charge >= 0.3 is 5.97 Å². The molecule has 1 heterocycles. The summed E-state index contributed by atoms with van der Waals surface area (Å²) in [6.07, 6.45) is 0. The number of ether oxygens (including phenoxy) is 1. The SMILES string of the molecule is COc1cccc(C2C(C(=O)O)C(C)=NN2c2ccccc2C)c1. The van der Waals surface area contributed by atoms with Crippen LogP contribution in [0.5, 0.6) is 5.75 Å². The van der Waals surface area contributed by atoms with E-state index in [1.165, 1.54) is 0 Å². The van der Waals surface area contributed by atoms with Crippen molar-refractivity contribution in [1.82, 2.24) is 0 Å². The number of aliphatic carboxylic acids is 1. The number of carboxylic acids is 1. The first-order chi connectivity index (χ1) is 11.5. The molecule has 1 aliphatic rings. The number of hydrogen-bond donors (Lipinski definition) is 1. The van der Waals surface area contributed by atoms with Gasteiger partial charge in [0, 0.05) is 0 Å². The number of hydrazone groups is 1. The van der Waals surface area contributed by atoms with Crippen LogP contribution in [0.3, 0.4) is 0 Å². The largest absolute Gasteiger partial charge is 0.497 e. The van der Waals surface area contributed by atoms with E-state index >= 15 is 0 Å². The number of nitrogens with zero attached hydrogens (tertiary/aromatic N) is 2. The summed E-state index contributed by atoms with van der Waals surface area (Å²) in [6, 6.07) is 15.0. The monoisotopic (exact) mass is 324 g/mol. The van der Waals surface area contributed by atoms with E-state index < -0.39 is 17.9 Å². The lowest BCUT2D eigenvalue weighted by molar-refractivity contribution is -0.139. The van der Waals surface area contributed by atoms with E-state index in [0.29, 0.717) is 11.5 Å². The molecule has 0 spiro atoms. The molecule has 0 saturated heterocycles. The zero-order valence-electron chi connectivity index (χ0n) is 13.9. The molecule has 1 N–H and O–H groups in total. The van der Waals surface area contributed by atoms with Crippen molar-refractivity contribution < 1.29 is 14.6 Å². The molecule has 2 unspecified atom stereocenters. The molecule has 0 fully saturated rings. The van der Waals surface area contributed by atoms with Crippen LogP contribution in [0.25, 0.3) is 0 Å². The number of para-hydroxylation sites is 1. The molecule has 0 amide bonds. The fourth-order valence-electron chi connectivity index (χ4n) is 3.16. The molecule has 5 heteroatoms. The maximum Gasteiger partial charge on any atom is 0.314 e. The highest BCUT2D eigenvalue weighted by molar-refractivity contribution is 6.03. The van der Waals surface area contributed by atoms with Crippen LogP contribution in [0.15, 0.2) is 53.6 Å². The van der Waals surface area contributed by atoms with E-state index in [1.807, 2.05) is 60.5 Å². The van der Waals surface area contributed by atoms with Gasteiger partial charge in [0.05, 0.1) is 24.6 Å². The van der Waals surface area contributed by atoms with Crippen molar-refractivity contribution in [2.45, 2.75) is 19.9 Å². The maximum absolute atomic E-state index is 11.9. The quantitative estimate of drug-likeness (QED) is 0.932. The van der Waals surface area contributed by atoms with Crippen LogP contribution in [0.2, 0.25) is 0 Å². The third-order valence-corrected chi connectivity index (χ3v) is 4.36. The van der Waals surface area contributed by atoms with Crippen molar-refractivity contribution in [2.24, 2.45) is 11.0 Å². The molecule has 0 saturated carbocycles. The Labute approximate surface area is 141 Å². The minimum absolute atomic E-state index is 0.404. The van der Waals surface area contributed by atoms with Crippen molar-refractivity contribution in [3.05, 3.63) is 59.7 Å². The standard InChI is InChI=1S/C19H20N2O3/c1-12-7-4-5-10-16(12)21-18(17(19(22)23)13(2)20-21)14-8-6-9-15(11-14)24-3/h4-11,17-18H,1-3H3,(H,22,23). The highest BCUT2D eigenvalue weighted by Gasteiger charge is 2.42. The van der Waals surface area contributed by atoms with E-state index in [0.717, 1.165) is 16.8 Å². The van der Waals surface area contributed by atoms with Crippen LogP contribution in [0, 0.1) is 12.8 Å². The minimum atomic E-state index is -0.875. The lowest BCUT2D eigenvalue weighted by atomic mass is 9.90. The first-order valence-electron chi connectivity index (χ1n) is 7.79. The van der Waals surface area contributed by atoms with Crippen molar-refractivity contribution in [2.75, 3.05) is 12.1 Å². The number of methoxy groups -OCH3 is 1. The average Bonchev–Trinajstić information content (AvgIpc) is 2.92. The molecule has 2 atom stereocenters. The molecule has 24 heavy (non-hydrogen) atoms. The summed E-state index contributed by atoms with van der Waals surface area (Å²) in [4.78, 5) is 11.9. The van der Waals surface area contributed by atoms with Crippen LogP contribution in [0.4, 0.5) is 5.69 Å². The second kappa shape index (κ2) is 6.35. The lowest BCUT2D eigenvalue weighted by Crippen LogP contribution is -2.30. The Hall–Kier alpha value is -2.82.